The number of nitrogen functional groups attached to an aromatic ring is 2. The van der Waals surface area contributed by atoms with E-state index in [-0.39, 0.29) is 10.7 Å². The summed E-state index contributed by atoms with van der Waals surface area (Å²) in [6, 6.07) is 2.60. The van der Waals surface area contributed by atoms with E-state index in [1.165, 1.54) is 6.42 Å². The first kappa shape index (κ1) is 13.8. The maximum atomic E-state index is 14.4. The summed E-state index contributed by atoms with van der Waals surface area (Å²) in [5, 5.41) is -0.0306. The second kappa shape index (κ2) is 4.97. The predicted molar refractivity (Wildman–Crippen MR) is 81.6 cm³/mol. The van der Waals surface area contributed by atoms with E-state index < -0.39 is 5.82 Å². The predicted octanol–water partition coefficient (Wildman–Crippen LogP) is 2.32. The summed E-state index contributed by atoms with van der Waals surface area (Å²) in [5.74, 6) is -0.496. The maximum absolute atomic E-state index is 14.4. The Labute approximate surface area is 123 Å². The Kier molecular flexibility index (Phi) is 3.42. The van der Waals surface area contributed by atoms with E-state index >= 15 is 0 Å². The Bertz CT molecular complexity index is 536. The molecule has 0 aromatic heterocycles. The average molecular weight is 299 g/mol. The van der Waals surface area contributed by atoms with Crippen LogP contribution in [-0.4, -0.2) is 37.1 Å². The molecule has 2 fully saturated rings. The van der Waals surface area contributed by atoms with Crippen molar-refractivity contribution in [1.29, 1.82) is 0 Å². The van der Waals surface area contributed by atoms with Gasteiger partial charge in [-0.3, -0.25) is 4.90 Å². The lowest BCUT2D eigenvalue weighted by Gasteiger charge is -2.29. The standard InChI is InChI=1S/C14H20ClFN4/c1-19-8-2-3-9(19)7-20(5-4-8)14-11(18)6-10(17)12(15)13(14)16/h6,8-9H,2-5,7,17-18H2,1H3. The number of nitrogens with two attached hydrogens (primary N) is 2. The summed E-state index contributed by atoms with van der Waals surface area (Å²) in [6.45, 7) is 1.58. The lowest BCUT2D eigenvalue weighted by molar-refractivity contribution is 0.254. The van der Waals surface area contributed by atoms with Crippen molar-refractivity contribution in [2.45, 2.75) is 31.3 Å². The SMILES string of the molecule is CN1C2CCC1CN(c1c(N)cc(N)c(Cl)c1F)CC2. The minimum Gasteiger partial charge on any atom is -0.397 e. The Balaban J connectivity index is 1.96. The molecule has 4 N–H and O–H groups in total. The molecule has 1 aromatic carbocycles. The second-order valence-electron chi connectivity index (χ2n) is 5.82. The Morgan fingerprint density at radius 3 is 2.65 bits per heavy atom. The van der Waals surface area contributed by atoms with Gasteiger partial charge in [-0.15, -0.1) is 0 Å². The molecule has 2 aliphatic rings. The van der Waals surface area contributed by atoms with E-state index in [1.54, 1.807) is 6.07 Å². The summed E-state index contributed by atoms with van der Waals surface area (Å²) in [5.41, 5.74) is 12.6. The Morgan fingerprint density at radius 2 is 1.90 bits per heavy atom. The summed E-state index contributed by atoms with van der Waals surface area (Å²) < 4.78 is 14.4. The van der Waals surface area contributed by atoms with Crippen LogP contribution in [0.2, 0.25) is 5.02 Å². The minimum absolute atomic E-state index is 0.0306. The average Bonchev–Trinajstić information content (AvgIpc) is 2.63. The van der Waals surface area contributed by atoms with E-state index in [0.717, 1.165) is 25.9 Å². The monoisotopic (exact) mass is 298 g/mol. The highest BCUT2D eigenvalue weighted by molar-refractivity contribution is 6.33. The molecule has 2 heterocycles. The topological polar surface area (TPSA) is 58.5 Å². The lowest BCUT2D eigenvalue weighted by Crippen LogP contribution is -2.37. The third kappa shape index (κ3) is 2.09. The molecule has 2 unspecified atom stereocenters. The largest absolute Gasteiger partial charge is 0.397 e. The number of hydrogen-bond donors (Lipinski definition) is 2. The number of halogens is 2. The summed E-state index contributed by atoms with van der Waals surface area (Å²) in [7, 11) is 2.15. The van der Waals surface area contributed by atoms with Crippen molar-refractivity contribution in [3.63, 3.8) is 0 Å². The molecular formula is C14H20ClFN4. The van der Waals surface area contributed by atoms with Gasteiger partial charge in [0.25, 0.3) is 0 Å². The molecule has 0 saturated carbocycles. The zero-order chi connectivity index (χ0) is 14.4. The van der Waals surface area contributed by atoms with Crippen LogP contribution < -0.4 is 16.4 Å². The van der Waals surface area contributed by atoms with Crippen LogP contribution in [0, 0.1) is 5.82 Å². The normalized spacial score (nSPS) is 26.9. The highest BCUT2D eigenvalue weighted by atomic mass is 35.5. The smallest absolute Gasteiger partial charge is 0.169 e. The van der Waals surface area contributed by atoms with Gasteiger partial charge in [0.1, 0.15) is 5.02 Å². The molecule has 2 saturated heterocycles. The lowest BCUT2D eigenvalue weighted by atomic mass is 10.1. The number of hydrogen-bond acceptors (Lipinski definition) is 4. The molecule has 3 rings (SSSR count). The fourth-order valence-corrected chi connectivity index (χ4v) is 3.63. The van der Waals surface area contributed by atoms with Crippen LogP contribution in [-0.2, 0) is 0 Å². The Morgan fingerprint density at radius 1 is 1.20 bits per heavy atom. The van der Waals surface area contributed by atoms with Crippen LogP contribution in [0.1, 0.15) is 19.3 Å². The van der Waals surface area contributed by atoms with Gasteiger partial charge >= 0.3 is 0 Å². The minimum atomic E-state index is -0.496. The highest BCUT2D eigenvalue weighted by Crippen LogP contribution is 2.38. The van der Waals surface area contributed by atoms with Crippen molar-refractivity contribution in [2.24, 2.45) is 0 Å². The zero-order valence-corrected chi connectivity index (χ0v) is 12.3. The van der Waals surface area contributed by atoms with Gasteiger partial charge < -0.3 is 16.4 Å². The van der Waals surface area contributed by atoms with Crippen molar-refractivity contribution in [3.8, 4) is 0 Å². The molecule has 6 heteroatoms. The van der Waals surface area contributed by atoms with Crippen molar-refractivity contribution >= 4 is 28.7 Å². The number of rotatable bonds is 1. The van der Waals surface area contributed by atoms with Gasteiger partial charge in [0, 0.05) is 25.2 Å². The summed E-state index contributed by atoms with van der Waals surface area (Å²) in [4.78, 5) is 4.43. The number of anilines is 3. The molecule has 0 spiro atoms. The van der Waals surface area contributed by atoms with Crippen LogP contribution >= 0.6 is 11.6 Å². The van der Waals surface area contributed by atoms with Crippen molar-refractivity contribution in [1.82, 2.24) is 4.90 Å². The van der Waals surface area contributed by atoms with Crippen molar-refractivity contribution < 1.29 is 4.39 Å². The third-order valence-corrected chi connectivity index (χ3v) is 5.09. The molecule has 20 heavy (non-hydrogen) atoms. The van der Waals surface area contributed by atoms with Gasteiger partial charge in [0.05, 0.1) is 17.1 Å². The van der Waals surface area contributed by atoms with E-state index in [2.05, 4.69) is 11.9 Å². The van der Waals surface area contributed by atoms with Gasteiger partial charge in [-0.05, 0) is 32.4 Å². The summed E-state index contributed by atoms with van der Waals surface area (Å²) >= 11 is 5.93. The molecule has 0 amide bonds. The number of fused-ring (bicyclic) bond motifs is 2. The quantitative estimate of drug-likeness (QED) is 0.781. The number of benzene rings is 1. The molecule has 2 atom stereocenters. The van der Waals surface area contributed by atoms with Gasteiger partial charge in [-0.25, -0.2) is 4.39 Å². The zero-order valence-electron chi connectivity index (χ0n) is 11.6. The fraction of sp³-hybridized carbons (Fsp3) is 0.571. The molecule has 2 aliphatic heterocycles. The second-order valence-corrected chi connectivity index (χ2v) is 6.19. The van der Waals surface area contributed by atoms with Crippen LogP contribution in [0.25, 0.3) is 0 Å². The number of nitrogens with zero attached hydrogens (tertiary/aromatic N) is 2. The van der Waals surface area contributed by atoms with Gasteiger partial charge in [-0.1, -0.05) is 11.6 Å². The first-order valence-corrected chi connectivity index (χ1v) is 7.36. The maximum Gasteiger partial charge on any atom is 0.169 e. The first-order valence-electron chi connectivity index (χ1n) is 6.99. The van der Waals surface area contributed by atoms with Crippen LogP contribution in [0.4, 0.5) is 21.5 Å². The van der Waals surface area contributed by atoms with Gasteiger partial charge in [-0.2, -0.15) is 0 Å². The van der Waals surface area contributed by atoms with E-state index in [0.29, 0.717) is 23.5 Å². The van der Waals surface area contributed by atoms with Crippen LogP contribution in [0.5, 0.6) is 0 Å². The van der Waals surface area contributed by atoms with Crippen molar-refractivity contribution in [3.05, 3.63) is 16.9 Å². The van der Waals surface area contributed by atoms with Gasteiger partial charge in [0.15, 0.2) is 5.82 Å². The van der Waals surface area contributed by atoms with Crippen molar-refractivity contribution in [2.75, 3.05) is 36.5 Å². The molecular weight excluding hydrogens is 279 g/mol. The highest BCUT2D eigenvalue weighted by Gasteiger charge is 2.36. The Hall–Kier alpha value is -1.20. The van der Waals surface area contributed by atoms with Gasteiger partial charge in [0.2, 0.25) is 0 Å². The van der Waals surface area contributed by atoms with Crippen LogP contribution in [0.3, 0.4) is 0 Å². The molecule has 110 valence electrons. The van der Waals surface area contributed by atoms with E-state index in [4.69, 9.17) is 23.1 Å². The van der Waals surface area contributed by atoms with Crippen LogP contribution in [0.15, 0.2) is 6.07 Å². The summed E-state index contributed by atoms with van der Waals surface area (Å²) in [6.07, 6.45) is 3.41. The fourth-order valence-electron chi connectivity index (χ4n) is 3.49. The van der Waals surface area contributed by atoms with E-state index in [1.807, 2.05) is 4.90 Å². The molecule has 0 aliphatic carbocycles. The first-order chi connectivity index (χ1) is 9.49. The molecule has 0 radical (unpaired) electrons. The molecule has 2 bridgehead atoms. The third-order valence-electron chi connectivity index (χ3n) is 4.70. The molecule has 4 nitrogen and oxygen atoms in total. The molecule has 1 aromatic rings. The number of likely N-dealkylation sites (N-methyl/N-ethyl adjacent to an activating group) is 1. The van der Waals surface area contributed by atoms with E-state index in [9.17, 15) is 4.39 Å².